The van der Waals surface area contributed by atoms with E-state index in [9.17, 15) is 14.9 Å². The molecule has 156 valence electrons. The standard InChI is InChI=1S/C23H25N3O4/c1-30-20-9-6-17(7-10-20)22-5-3-2-4-13-25(22)23(27)16-24-14-12-18-15-19(26(28)29)8-11-21(18)24/h6-12,14-15,22H,2-5,13,16H2,1H3. The predicted octanol–water partition coefficient (Wildman–Crippen LogP) is 4.70. The Labute approximate surface area is 175 Å². The molecule has 0 spiro atoms. The van der Waals surface area contributed by atoms with Gasteiger partial charge in [-0.15, -0.1) is 0 Å². The second-order valence-electron chi connectivity index (χ2n) is 7.67. The lowest BCUT2D eigenvalue weighted by Crippen LogP contribution is -2.37. The van der Waals surface area contributed by atoms with Crippen molar-refractivity contribution in [2.45, 2.75) is 38.3 Å². The highest BCUT2D eigenvalue weighted by Crippen LogP contribution is 2.32. The van der Waals surface area contributed by atoms with Crippen LogP contribution in [0.4, 0.5) is 5.69 Å². The Morgan fingerprint density at radius 3 is 2.67 bits per heavy atom. The van der Waals surface area contributed by atoms with E-state index in [0.717, 1.165) is 54.4 Å². The average molecular weight is 407 g/mol. The molecule has 1 aliphatic rings. The van der Waals surface area contributed by atoms with Gasteiger partial charge in [-0.1, -0.05) is 25.0 Å². The molecule has 3 aromatic rings. The number of nitro groups is 1. The van der Waals surface area contributed by atoms with Gasteiger partial charge in [0.25, 0.3) is 5.69 Å². The smallest absolute Gasteiger partial charge is 0.270 e. The van der Waals surface area contributed by atoms with Crippen molar-refractivity contribution in [3.05, 3.63) is 70.4 Å². The summed E-state index contributed by atoms with van der Waals surface area (Å²) in [6, 6.07) is 14.6. The van der Waals surface area contributed by atoms with Crippen LogP contribution in [-0.4, -0.2) is 34.0 Å². The molecule has 2 heterocycles. The molecular weight excluding hydrogens is 382 g/mol. The Morgan fingerprint density at radius 2 is 1.93 bits per heavy atom. The zero-order valence-corrected chi connectivity index (χ0v) is 17.0. The first-order chi connectivity index (χ1) is 14.6. The molecule has 1 fully saturated rings. The number of hydrogen-bond donors (Lipinski definition) is 0. The summed E-state index contributed by atoms with van der Waals surface area (Å²) in [4.78, 5) is 25.9. The number of carbonyl (C=O) groups is 1. The molecule has 0 aliphatic carbocycles. The van der Waals surface area contributed by atoms with Crippen LogP contribution in [0, 0.1) is 10.1 Å². The summed E-state index contributed by atoms with van der Waals surface area (Å²) in [7, 11) is 1.65. The number of aromatic nitrogens is 1. The van der Waals surface area contributed by atoms with E-state index in [4.69, 9.17) is 4.74 Å². The predicted molar refractivity (Wildman–Crippen MR) is 115 cm³/mol. The topological polar surface area (TPSA) is 77.6 Å². The Kier molecular flexibility index (Phi) is 5.70. The number of carbonyl (C=O) groups excluding carboxylic acids is 1. The Hall–Kier alpha value is -3.35. The lowest BCUT2D eigenvalue weighted by molar-refractivity contribution is -0.384. The zero-order valence-electron chi connectivity index (χ0n) is 17.0. The number of hydrogen-bond acceptors (Lipinski definition) is 4. The highest BCUT2D eigenvalue weighted by Gasteiger charge is 2.27. The zero-order chi connectivity index (χ0) is 21.1. The van der Waals surface area contributed by atoms with Gasteiger partial charge in [0.05, 0.1) is 18.1 Å². The first kappa shape index (κ1) is 19.9. The van der Waals surface area contributed by atoms with E-state index in [1.54, 1.807) is 19.2 Å². The van der Waals surface area contributed by atoms with E-state index < -0.39 is 4.92 Å². The summed E-state index contributed by atoms with van der Waals surface area (Å²) < 4.78 is 7.14. The summed E-state index contributed by atoms with van der Waals surface area (Å²) >= 11 is 0. The number of benzene rings is 2. The van der Waals surface area contributed by atoms with Crippen LogP contribution in [0.1, 0.15) is 37.3 Å². The lowest BCUT2D eigenvalue weighted by atomic mass is 10.0. The molecule has 0 bridgehead atoms. The molecule has 1 saturated heterocycles. The third-order valence-electron chi connectivity index (χ3n) is 5.84. The van der Waals surface area contributed by atoms with Crippen LogP contribution in [0.2, 0.25) is 0 Å². The van der Waals surface area contributed by atoms with Gasteiger partial charge in [0.15, 0.2) is 0 Å². The maximum absolute atomic E-state index is 13.3. The van der Waals surface area contributed by atoms with Gasteiger partial charge in [-0.05, 0) is 42.7 Å². The number of amides is 1. The Morgan fingerprint density at radius 1 is 1.13 bits per heavy atom. The molecule has 1 aromatic heterocycles. The lowest BCUT2D eigenvalue weighted by Gasteiger charge is -2.31. The van der Waals surface area contributed by atoms with Crippen molar-refractivity contribution in [3.8, 4) is 5.75 Å². The summed E-state index contributed by atoms with van der Waals surface area (Å²) in [5, 5.41) is 11.8. The number of non-ortho nitro benzene ring substituents is 1. The highest BCUT2D eigenvalue weighted by molar-refractivity contribution is 5.85. The molecule has 1 aliphatic heterocycles. The fourth-order valence-corrected chi connectivity index (χ4v) is 4.25. The summed E-state index contributed by atoms with van der Waals surface area (Å²) in [5.74, 6) is 0.867. The maximum Gasteiger partial charge on any atom is 0.270 e. The summed E-state index contributed by atoms with van der Waals surface area (Å²) in [6.45, 7) is 0.953. The molecular formula is C23H25N3O4. The molecule has 4 rings (SSSR count). The molecule has 2 aromatic carbocycles. The largest absolute Gasteiger partial charge is 0.497 e. The van der Waals surface area contributed by atoms with Crippen molar-refractivity contribution >= 4 is 22.5 Å². The minimum Gasteiger partial charge on any atom is -0.497 e. The first-order valence-corrected chi connectivity index (χ1v) is 10.2. The minimum absolute atomic E-state index is 0.0498. The van der Waals surface area contributed by atoms with Crippen molar-refractivity contribution in [2.24, 2.45) is 0 Å². The van der Waals surface area contributed by atoms with Gasteiger partial charge in [-0.25, -0.2) is 0 Å². The molecule has 7 nitrogen and oxygen atoms in total. The quantitative estimate of drug-likeness (QED) is 0.454. The van der Waals surface area contributed by atoms with Crippen molar-refractivity contribution < 1.29 is 14.5 Å². The van der Waals surface area contributed by atoms with Gasteiger partial charge in [-0.2, -0.15) is 0 Å². The molecule has 1 amide bonds. The fraction of sp³-hybridized carbons (Fsp3) is 0.348. The number of rotatable bonds is 5. The molecule has 30 heavy (non-hydrogen) atoms. The minimum atomic E-state index is -0.404. The fourth-order valence-electron chi connectivity index (χ4n) is 4.25. The summed E-state index contributed by atoms with van der Waals surface area (Å²) in [5.41, 5.74) is 2.00. The SMILES string of the molecule is COc1ccc(C2CCCCCN2C(=O)Cn2ccc3cc([N+](=O)[O-])ccc32)cc1. The number of nitro benzene ring substituents is 1. The van der Waals surface area contributed by atoms with Crippen LogP contribution in [0.3, 0.4) is 0 Å². The van der Waals surface area contributed by atoms with Crippen LogP contribution in [0.15, 0.2) is 54.7 Å². The normalized spacial score (nSPS) is 17.0. The Bertz CT molecular complexity index is 1060. The van der Waals surface area contributed by atoms with Gasteiger partial charge in [0.2, 0.25) is 5.91 Å². The van der Waals surface area contributed by atoms with E-state index in [1.165, 1.54) is 6.07 Å². The Balaban J connectivity index is 1.58. The van der Waals surface area contributed by atoms with Gasteiger partial charge in [-0.3, -0.25) is 14.9 Å². The molecule has 0 radical (unpaired) electrons. The van der Waals surface area contributed by atoms with Crippen LogP contribution in [-0.2, 0) is 11.3 Å². The maximum atomic E-state index is 13.3. The number of fused-ring (bicyclic) bond motifs is 1. The molecule has 1 unspecified atom stereocenters. The van der Waals surface area contributed by atoms with E-state index in [2.05, 4.69) is 0 Å². The van der Waals surface area contributed by atoms with Crippen molar-refractivity contribution in [3.63, 3.8) is 0 Å². The van der Waals surface area contributed by atoms with Gasteiger partial charge in [0.1, 0.15) is 12.3 Å². The average Bonchev–Trinajstić information content (AvgIpc) is 2.99. The summed E-state index contributed by atoms with van der Waals surface area (Å²) in [6.07, 6.45) is 5.98. The van der Waals surface area contributed by atoms with Crippen molar-refractivity contribution in [2.75, 3.05) is 13.7 Å². The molecule has 7 heteroatoms. The molecule has 0 saturated carbocycles. The third kappa shape index (κ3) is 4.01. The van der Waals surface area contributed by atoms with Gasteiger partial charge in [0, 0.05) is 35.8 Å². The van der Waals surface area contributed by atoms with E-state index in [0.29, 0.717) is 0 Å². The second-order valence-corrected chi connectivity index (χ2v) is 7.67. The molecule has 1 atom stereocenters. The third-order valence-corrected chi connectivity index (χ3v) is 5.84. The molecule has 0 N–H and O–H groups in total. The highest BCUT2D eigenvalue weighted by atomic mass is 16.6. The number of nitrogens with zero attached hydrogens (tertiary/aromatic N) is 3. The van der Waals surface area contributed by atoms with Gasteiger partial charge >= 0.3 is 0 Å². The monoisotopic (exact) mass is 407 g/mol. The second kappa shape index (κ2) is 8.57. The number of ether oxygens (including phenoxy) is 1. The van der Waals surface area contributed by atoms with Crippen LogP contribution >= 0.6 is 0 Å². The van der Waals surface area contributed by atoms with Crippen LogP contribution in [0.25, 0.3) is 10.9 Å². The van der Waals surface area contributed by atoms with Crippen LogP contribution < -0.4 is 4.74 Å². The first-order valence-electron chi connectivity index (χ1n) is 10.2. The van der Waals surface area contributed by atoms with E-state index in [-0.39, 0.29) is 24.2 Å². The number of likely N-dealkylation sites (tertiary alicyclic amines) is 1. The van der Waals surface area contributed by atoms with E-state index in [1.807, 2.05) is 46.0 Å². The number of methoxy groups -OCH3 is 1. The van der Waals surface area contributed by atoms with Crippen molar-refractivity contribution in [1.82, 2.24) is 9.47 Å². The van der Waals surface area contributed by atoms with E-state index >= 15 is 0 Å². The van der Waals surface area contributed by atoms with Gasteiger partial charge < -0.3 is 14.2 Å². The van der Waals surface area contributed by atoms with Crippen molar-refractivity contribution in [1.29, 1.82) is 0 Å². The van der Waals surface area contributed by atoms with Crippen LogP contribution in [0.5, 0.6) is 5.75 Å².